The molecule has 1 unspecified atom stereocenters. The summed E-state index contributed by atoms with van der Waals surface area (Å²) in [5.74, 6) is -0.297. The van der Waals surface area contributed by atoms with Crippen LogP contribution in [-0.2, 0) is 26.1 Å². The molecule has 5 rings (SSSR count). The summed E-state index contributed by atoms with van der Waals surface area (Å²) in [6.07, 6.45) is 8.32. The lowest BCUT2D eigenvalue weighted by Gasteiger charge is -2.28. The van der Waals surface area contributed by atoms with Crippen molar-refractivity contribution in [3.63, 3.8) is 0 Å². The number of amides is 1. The van der Waals surface area contributed by atoms with E-state index in [1.54, 1.807) is 21.8 Å². The van der Waals surface area contributed by atoms with E-state index in [4.69, 9.17) is 9.47 Å². The van der Waals surface area contributed by atoms with Crippen LogP contribution in [0.5, 0.6) is 0 Å². The monoisotopic (exact) mass is 488 g/mol. The van der Waals surface area contributed by atoms with Crippen LogP contribution in [0.4, 0.5) is 4.79 Å². The minimum absolute atomic E-state index is 0.253. The zero-order valence-corrected chi connectivity index (χ0v) is 21.1. The van der Waals surface area contributed by atoms with Crippen LogP contribution in [0.2, 0.25) is 0 Å². The van der Waals surface area contributed by atoms with Gasteiger partial charge in [0, 0.05) is 24.8 Å². The number of carbonyl (C=O) groups excluding carboxylic acids is 2. The van der Waals surface area contributed by atoms with E-state index in [0.29, 0.717) is 38.2 Å². The molecule has 1 atom stereocenters. The molecule has 36 heavy (non-hydrogen) atoms. The highest BCUT2D eigenvalue weighted by molar-refractivity contribution is 5.84. The van der Waals surface area contributed by atoms with Crippen LogP contribution in [-0.4, -0.2) is 56.9 Å². The SMILES string of the molecule is CCOC(=O)C(C)(Cc1ccccc1)c1ccnc2c(C3=CCN(C(=O)OC4(C)CC4)CC3)cnn12. The van der Waals surface area contributed by atoms with Gasteiger partial charge in [0.05, 0.1) is 18.5 Å². The first-order valence-corrected chi connectivity index (χ1v) is 12.5. The smallest absolute Gasteiger partial charge is 0.410 e. The number of esters is 1. The molecular weight excluding hydrogens is 456 g/mol. The lowest BCUT2D eigenvalue weighted by Crippen LogP contribution is -2.38. The molecule has 2 aromatic heterocycles. The van der Waals surface area contributed by atoms with E-state index in [1.165, 1.54) is 0 Å². The highest BCUT2D eigenvalue weighted by Gasteiger charge is 2.43. The van der Waals surface area contributed by atoms with Crippen molar-refractivity contribution >= 4 is 23.3 Å². The highest BCUT2D eigenvalue weighted by atomic mass is 16.6. The maximum atomic E-state index is 13.3. The molecule has 0 saturated heterocycles. The van der Waals surface area contributed by atoms with Gasteiger partial charge in [-0.2, -0.15) is 5.10 Å². The highest BCUT2D eigenvalue weighted by Crippen LogP contribution is 2.39. The van der Waals surface area contributed by atoms with Gasteiger partial charge in [-0.15, -0.1) is 0 Å². The first-order valence-electron chi connectivity index (χ1n) is 12.5. The number of nitrogens with zero attached hydrogens (tertiary/aromatic N) is 4. The van der Waals surface area contributed by atoms with Crippen molar-refractivity contribution in [3.8, 4) is 0 Å². The Hall–Kier alpha value is -3.68. The van der Waals surface area contributed by atoms with Crippen LogP contribution in [0, 0.1) is 0 Å². The second-order valence-corrected chi connectivity index (χ2v) is 10.1. The Kier molecular flexibility index (Phi) is 6.28. The van der Waals surface area contributed by atoms with E-state index in [-0.39, 0.29) is 17.7 Å². The molecule has 1 aliphatic carbocycles. The normalized spacial score (nSPS) is 18.3. The lowest BCUT2D eigenvalue weighted by molar-refractivity contribution is -0.149. The number of benzene rings is 1. The van der Waals surface area contributed by atoms with Gasteiger partial charge >= 0.3 is 12.1 Å². The van der Waals surface area contributed by atoms with Gasteiger partial charge in [0.2, 0.25) is 0 Å². The molecule has 2 aliphatic rings. The van der Waals surface area contributed by atoms with Crippen LogP contribution in [0.15, 0.2) is 54.9 Å². The second-order valence-electron chi connectivity index (χ2n) is 10.1. The molecule has 188 valence electrons. The molecular formula is C28H32N4O4. The van der Waals surface area contributed by atoms with Gasteiger partial charge in [-0.05, 0) is 63.7 Å². The largest absolute Gasteiger partial charge is 0.465 e. The summed E-state index contributed by atoms with van der Waals surface area (Å²) in [6, 6.07) is 11.8. The van der Waals surface area contributed by atoms with Crippen molar-refractivity contribution in [3.05, 3.63) is 71.7 Å². The Bertz CT molecular complexity index is 1310. The van der Waals surface area contributed by atoms with Crippen LogP contribution in [0.1, 0.15) is 56.9 Å². The number of fused-ring (bicyclic) bond motifs is 1. The first kappa shape index (κ1) is 24.0. The molecule has 3 aromatic rings. The van der Waals surface area contributed by atoms with Crippen LogP contribution in [0.25, 0.3) is 11.2 Å². The summed E-state index contributed by atoms with van der Waals surface area (Å²) < 4.78 is 12.9. The number of carbonyl (C=O) groups is 2. The molecule has 3 heterocycles. The van der Waals surface area contributed by atoms with Gasteiger partial charge in [0.25, 0.3) is 0 Å². The van der Waals surface area contributed by atoms with E-state index >= 15 is 0 Å². The molecule has 1 amide bonds. The van der Waals surface area contributed by atoms with Gasteiger partial charge in [0.1, 0.15) is 11.0 Å². The van der Waals surface area contributed by atoms with Crippen LogP contribution in [0.3, 0.4) is 0 Å². The third-order valence-corrected chi connectivity index (χ3v) is 7.19. The van der Waals surface area contributed by atoms with Gasteiger partial charge < -0.3 is 14.4 Å². The molecule has 0 spiro atoms. The Labute approximate surface area is 210 Å². The zero-order valence-electron chi connectivity index (χ0n) is 21.1. The Morgan fingerprint density at radius 2 is 1.94 bits per heavy atom. The summed E-state index contributed by atoms with van der Waals surface area (Å²) in [4.78, 5) is 32.1. The van der Waals surface area contributed by atoms with Crippen LogP contribution >= 0.6 is 0 Å². The average Bonchev–Trinajstić information content (AvgIpc) is 3.45. The topological polar surface area (TPSA) is 86.0 Å². The molecule has 0 bridgehead atoms. The first-order chi connectivity index (χ1) is 17.3. The van der Waals surface area contributed by atoms with Gasteiger partial charge in [-0.1, -0.05) is 36.4 Å². The maximum absolute atomic E-state index is 13.3. The fraction of sp³-hybridized carbons (Fsp3) is 0.429. The predicted octanol–water partition coefficient (Wildman–Crippen LogP) is 4.57. The van der Waals surface area contributed by atoms with Crippen molar-refractivity contribution in [2.45, 2.75) is 57.5 Å². The number of hydrogen-bond donors (Lipinski definition) is 0. The molecule has 1 saturated carbocycles. The predicted molar refractivity (Wildman–Crippen MR) is 135 cm³/mol. The minimum Gasteiger partial charge on any atom is -0.465 e. The van der Waals surface area contributed by atoms with Crippen molar-refractivity contribution in [2.24, 2.45) is 0 Å². The fourth-order valence-corrected chi connectivity index (χ4v) is 4.73. The van der Waals surface area contributed by atoms with Gasteiger partial charge in [-0.25, -0.2) is 14.3 Å². The fourth-order valence-electron chi connectivity index (χ4n) is 4.73. The molecule has 0 N–H and O–H groups in total. The van der Waals surface area contributed by atoms with Crippen molar-refractivity contribution in [2.75, 3.05) is 19.7 Å². The Morgan fingerprint density at radius 3 is 2.61 bits per heavy atom. The molecule has 8 nitrogen and oxygen atoms in total. The summed E-state index contributed by atoms with van der Waals surface area (Å²) in [5.41, 5.74) is 3.19. The summed E-state index contributed by atoms with van der Waals surface area (Å²) in [7, 11) is 0. The second kappa shape index (κ2) is 9.41. The quantitative estimate of drug-likeness (QED) is 0.453. The van der Waals surface area contributed by atoms with Crippen LogP contribution < -0.4 is 0 Å². The van der Waals surface area contributed by atoms with E-state index < -0.39 is 5.41 Å². The number of rotatable bonds is 7. The van der Waals surface area contributed by atoms with E-state index in [0.717, 1.165) is 35.2 Å². The number of aromatic nitrogens is 3. The average molecular weight is 489 g/mol. The summed E-state index contributed by atoms with van der Waals surface area (Å²) in [5, 5.41) is 4.66. The third kappa shape index (κ3) is 4.59. The summed E-state index contributed by atoms with van der Waals surface area (Å²) in [6.45, 7) is 7.04. The van der Waals surface area contributed by atoms with E-state index in [2.05, 4.69) is 10.1 Å². The molecule has 1 aromatic carbocycles. The van der Waals surface area contributed by atoms with E-state index in [9.17, 15) is 9.59 Å². The molecule has 0 radical (unpaired) electrons. The van der Waals surface area contributed by atoms with Crippen molar-refractivity contribution < 1.29 is 19.1 Å². The maximum Gasteiger partial charge on any atom is 0.410 e. The van der Waals surface area contributed by atoms with Crippen molar-refractivity contribution in [1.29, 1.82) is 0 Å². The van der Waals surface area contributed by atoms with Gasteiger partial charge in [0.15, 0.2) is 5.65 Å². The third-order valence-electron chi connectivity index (χ3n) is 7.19. The van der Waals surface area contributed by atoms with Crippen molar-refractivity contribution in [1.82, 2.24) is 19.5 Å². The minimum atomic E-state index is -0.956. The Morgan fingerprint density at radius 1 is 1.17 bits per heavy atom. The molecule has 1 fully saturated rings. The lowest BCUT2D eigenvalue weighted by atomic mass is 9.80. The number of hydrogen-bond acceptors (Lipinski definition) is 6. The van der Waals surface area contributed by atoms with Gasteiger partial charge in [-0.3, -0.25) is 4.79 Å². The van der Waals surface area contributed by atoms with E-state index in [1.807, 2.05) is 63.2 Å². The standard InChI is InChI=1S/C28H32N4O4/c1-4-35-25(33)28(3,18-20-8-6-5-7-9-20)23-10-15-29-24-22(19-30-32(23)24)21-11-16-31(17-12-21)26(34)36-27(2)13-14-27/h5-11,15,19H,4,12-14,16-18H2,1-3H3. The summed E-state index contributed by atoms with van der Waals surface area (Å²) >= 11 is 0. The zero-order chi connectivity index (χ0) is 25.3. The molecule has 1 aliphatic heterocycles. The molecule has 8 heteroatoms. The Balaban J connectivity index is 1.45. The number of ether oxygens (including phenoxy) is 2.